The summed E-state index contributed by atoms with van der Waals surface area (Å²) in [5, 5.41) is 3.36. The molecule has 26 heavy (non-hydrogen) atoms. The quantitative estimate of drug-likeness (QED) is 0.646. The van der Waals surface area contributed by atoms with Gasteiger partial charge in [0.05, 0.1) is 14.2 Å². The average molecular weight is 369 g/mol. The fraction of sp³-hybridized carbons (Fsp3) is 0.286. The number of benzene rings is 2. The summed E-state index contributed by atoms with van der Waals surface area (Å²) < 4.78 is 10.6. The molecule has 1 saturated heterocycles. The van der Waals surface area contributed by atoms with Gasteiger partial charge in [0, 0.05) is 26.2 Å². The summed E-state index contributed by atoms with van der Waals surface area (Å²) in [6.45, 7) is 3.81. The number of rotatable bonds is 5. The van der Waals surface area contributed by atoms with Crippen LogP contribution >= 0.6 is 12.2 Å². The van der Waals surface area contributed by atoms with Gasteiger partial charge in [0.15, 0.2) is 0 Å². The van der Waals surface area contributed by atoms with E-state index in [1.165, 1.54) is 0 Å². The number of nitrogens with zero attached hydrogens (tertiary/aromatic N) is 1. The summed E-state index contributed by atoms with van der Waals surface area (Å²) in [5.41, 5.74) is 3.31. The molecular formula is C21H24N2O2S. The number of methoxy groups -OCH3 is 2. The lowest BCUT2D eigenvalue weighted by Gasteiger charge is -2.29. The first-order valence-corrected chi connectivity index (χ1v) is 9.12. The first kappa shape index (κ1) is 18.4. The molecule has 4 nitrogen and oxygen atoms in total. The number of ether oxygens (including phenoxy) is 2. The van der Waals surface area contributed by atoms with Gasteiger partial charge in [0.1, 0.15) is 16.5 Å². The van der Waals surface area contributed by atoms with E-state index in [9.17, 15) is 0 Å². The molecule has 2 aromatic rings. The lowest BCUT2D eigenvalue weighted by atomic mass is 9.97. The maximum atomic E-state index is 5.72. The molecule has 0 saturated carbocycles. The van der Waals surface area contributed by atoms with Crippen LogP contribution in [0.5, 0.6) is 11.5 Å². The van der Waals surface area contributed by atoms with E-state index in [4.69, 9.17) is 21.7 Å². The van der Waals surface area contributed by atoms with Crippen LogP contribution in [0.25, 0.3) is 5.57 Å². The molecule has 0 bridgehead atoms. The second kappa shape index (κ2) is 8.83. The molecule has 0 amide bonds. The Morgan fingerprint density at radius 2 is 1.35 bits per heavy atom. The predicted molar refractivity (Wildman–Crippen MR) is 110 cm³/mol. The molecule has 0 spiro atoms. The van der Waals surface area contributed by atoms with Gasteiger partial charge in [-0.3, -0.25) is 0 Å². The zero-order chi connectivity index (χ0) is 18.4. The summed E-state index contributed by atoms with van der Waals surface area (Å²) in [4.78, 5) is 3.12. The topological polar surface area (TPSA) is 33.7 Å². The van der Waals surface area contributed by atoms with Crippen LogP contribution in [0.4, 0.5) is 0 Å². The highest BCUT2D eigenvalue weighted by Crippen LogP contribution is 2.27. The van der Waals surface area contributed by atoms with Gasteiger partial charge in [0.2, 0.25) is 0 Å². The summed E-state index contributed by atoms with van der Waals surface area (Å²) >= 11 is 5.72. The lowest BCUT2D eigenvalue weighted by Crippen LogP contribution is -2.45. The first-order chi connectivity index (χ1) is 12.7. The van der Waals surface area contributed by atoms with Gasteiger partial charge in [-0.2, -0.15) is 0 Å². The van der Waals surface area contributed by atoms with Crippen LogP contribution in [0, 0.1) is 0 Å². The zero-order valence-corrected chi connectivity index (χ0v) is 16.0. The molecule has 0 atom stereocenters. The molecule has 1 aliphatic heterocycles. The van der Waals surface area contributed by atoms with E-state index in [0.717, 1.165) is 59.4 Å². The highest BCUT2D eigenvalue weighted by Gasteiger charge is 2.14. The van der Waals surface area contributed by atoms with Crippen molar-refractivity contribution >= 4 is 22.8 Å². The summed E-state index contributed by atoms with van der Waals surface area (Å²) in [6, 6.07) is 16.2. The molecule has 0 aliphatic carbocycles. The Hall–Kier alpha value is -2.37. The van der Waals surface area contributed by atoms with Gasteiger partial charge < -0.3 is 19.7 Å². The Balaban J connectivity index is 1.96. The molecule has 3 rings (SSSR count). The van der Waals surface area contributed by atoms with Crippen molar-refractivity contribution in [3.05, 3.63) is 65.7 Å². The Kier molecular flexibility index (Phi) is 6.26. The van der Waals surface area contributed by atoms with Crippen molar-refractivity contribution in [3.63, 3.8) is 0 Å². The van der Waals surface area contributed by atoms with Crippen LogP contribution in [0.1, 0.15) is 11.1 Å². The highest BCUT2D eigenvalue weighted by atomic mass is 32.1. The van der Waals surface area contributed by atoms with E-state index in [0.29, 0.717) is 0 Å². The van der Waals surface area contributed by atoms with E-state index < -0.39 is 0 Å². The molecule has 1 aliphatic rings. The first-order valence-electron chi connectivity index (χ1n) is 8.71. The number of nitrogens with one attached hydrogen (secondary N) is 1. The second-order valence-corrected chi connectivity index (χ2v) is 6.51. The monoisotopic (exact) mass is 368 g/mol. The number of thiocarbonyl (C=S) groups is 1. The van der Waals surface area contributed by atoms with Gasteiger partial charge in [-0.15, -0.1) is 0 Å². The average Bonchev–Trinajstić information content (AvgIpc) is 2.73. The van der Waals surface area contributed by atoms with Crippen molar-refractivity contribution in [2.45, 2.75) is 0 Å². The minimum Gasteiger partial charge on any atom is -0.497 e. The second-order valence-electron chi connectivity index (χ2n) is 6.09. The van der Waals surface area contributed by atoms with Crippen LogP contribution in [-0.2, 0) is 0 Å². The fourth-order valence-corrected chi connectivity index (χ4v) is 3.27. The predicted octanol–water partition coefficient (Wildman–Crippen LogP) is 3.37. The number of hydrogen-bond acceptors (Lipinski definition) is 4. The van der Waals surface area contributed by atoms with Crippen LogP contribution in [0.2, 0.25) is 0 Å². The molecule has 0 aromatic heterocycles. The SMILES string of the molecule is COc1ccc(C(=CC(=S)N2CCNCC2)c2ccc(OC)cc2)cc1. The van der Waals surface area contributed by atoms with Gasteiger partial charge >= 0.3 is 0 Å². The van der Waals surface area contributed by atoms with E-state index >= 15 is 0 Å². The third-order valence-corrected chi connectivity index (χ3v) is 4.87. The van der Waals surface area contributed by atoms with E-state index in [1.54, 1.807) is 14.2 Å². The maximum Gasteiger partial charge on any atom is 0.118 e. The Labute approximate surface area is 160 Å². The normalized spacial score (nSPS) is 13.8. The largest absolute Gasteiger partial charge is 0.497 e. The lowest BCUT2D eigenvalue weighted by molar-refractivity contribution is 0.364. The minimum absolute atomic E-state index is 0.840. The number of piperazine rings is 1. The Bertz CT molecular complexity index is 714. The molecule has 5 heteroatoms. The van der Waals surface area contributed by atoms with Gasteiger partial charge in [0.25, 0.3) is 0 Å². The Morgan fingerprint density at radius 1 is 0.885 bits per heavy atom. The number of hydrogen-bond donors (Lipinski definition) is 1. The van der Waals surface area contributed by atoms with Crippen LogP contribution in [-0.4, -0.2) is 50.3 Å². The molecule has 1 N–H and O–H groups in total. The summed E-state index contributed by atoms with van der Waals surface area (Å²) in [6.07, 6.45) is 2.10. The van der Waals surface area contributed by atoms with Crippen molar-refractivity contribution < 1.29 is 9.47 Å². The minimum atomic E-state index is 0.840. The van der Waals surface area contributed by atoms with Gasteiger partial charge in [-0.25, -0.2) is 0 Å². The molecule has 2 aromatic carbocycles. The van der Waals surface area contributed by atoms with Crippen LogP contribution in [0.15, 0.2) is 54.6 Å². The van der Waals surface area contributed by atoms with E-state index in [-0.39, 0.29) is 0 Å². The third kappa shape index (κ3) is 4.42. The zero-order valence-electron chi connectivity index (χ0n) is 15.2. The molecule has 136 valence electrons. The van der Waals surface area contributed by atoms with Crippen molar-refractivity contribution in [1.29, 1.82) is 0 Å². The van der Waals surface area contributed by atoms with Crippen LogP contribution in [0.3, 0.4) is 0 Å². The standard InChI is InChI=1S/C21H24N2O2S/c1-24-18-7-3-16(4-8-18)20(17-5-9-19(25-2)10-6-17)15-21(26)23-13-11-22-12-14-23/h3-10,15,22H,11-14H2,1-2H3. The smallest absolute Gasteiger partial charge is 0.118 e. The molecule has 0 unspecified atom stereocenters. The van der Waals surface area contributed by atoms with Crippen molar-refractivity contribution in [3.8, 4) is 11.5 Å². The van der Waals surface area contributed by atoms with E-state index in [1.807, 2.05) is 24.3 Å². The van der Waals surface area contributed by atoms with Gasteiger partial charge in [-0.05, 0) is 47.0 Å². The summed E-state index contributed by atoms with van der Waals surface area (Å²) in [7, 11) is 3.35. The van der Waals surface area contributed by atoms with Crippen molar-refractivity contribution in [1.82, 2.24) is 10.2 Å². The maximum absolute atomic E-state index is 5.72. The van der Waals surface area contributed by atoms with Gasteiger partial charge in [-0.1, -0.05) is 36.5 Å². The van der Waals surface area contributed by atoms with Crippen LogP contribution < -0.4 is 14.8 Å². The molecule has 0 radical (unpaired) electrons. The molecule has 1 heterocycles. The van der Waals surface area contributed by atoms with E-state index in [2.05, 4.69) is 40.6 Å². The third-order valence-electron chi connectivity index (χ3n) is 4.50. The molecule has 1 fully saturated rings. The molecular weight excluding hydrogens is 344 g/mol. The fourth-order valence-electron chi connectivity index (χ4n) is 2.97. The summed E-state index contributed by atoms with van der Waals surface area (Å²) in [5.74, 6) is 1.68. The highest BCUT2D eigenvalue weighted by molar-refractivity contribution is 7.80. The van der Waals surface area contributed by atoms with Crippen molar-refractivity contribution in [2.24, 2.45) is 0 Å². The van der Waals surface area contributed by atoms with Crippen molar-refractivity contribution in [2.75, 3.05) is 40.4 Å². The Morgan fingerprint density at radius 3 is 1.77 bits per heavy atom.